The van der Waals surface area contributed by atoms with Gasteiger partial charge in [0, 0.05) is 19.3 Å². The molecule has 2 aromatic heterocycles. The fourth-order valence-corrected chi connectivity index (χ4v) is 1.92. The van der Waals surface area contributed by atoms with E-state index < -0.39 is 0 Å². The van der Waals surface area contributed by atoms with Gasteiger partial charge in [-0.2, -0.15) is 5.10 Å². The summed E-state index contributed by atoms with van der Waals surface area (Å²) in [5.74, 6) is 0.749. The van der Waals surface area contributed by atoms with Gasteiger partial charge in [0.15, 0.2) is 5.65 Å². The van der Waals surface area contributed by atoms with Gasteiger partial charge in [0.25, 0.3) is 0 Å². The number of nitrogens with zero attached hydrogens (tertiary/aromatic N) is 4. The summed E-state index contributed by atoms with van der Waals surface area (Å²) in [7, 11) is 1.86. The van der Waals surface area contributed by atoms with Gasteiger partial charge in [-0.3, -0.25) is 4.68 Å². The molecule has 3 aromatic rings. The molecule has 0 saturated heterocycles. The van der Waals surface area contributed by atoms with Crippen LogP contribution in [-0.4, -0.2) is 19.7 Å². The molecule has 0 fully saturated rings. The molecule has 0 aliphatic rings. The Bertz CT molecular complexity index is 701. The molecule has 6 heteroatoms. The van der Waals surface area contributed by atoms with Crippen molar-refractivity contribution in [3.8, 4) is 0 Å². The minimum atomic E-state index is 0.542. The summed E-state index contributed by atoms with van der Waals surface area (Å²) in [6.07, 6.45) is 3.28. The number of hydrogen-bond acceptors (Lipinski definition) is 5. The molecule has 0 aliphatic carbocycles. The van der Waals surface area contributed by atoms with Crippen molar-refractivity contribution in [3.63, 3.8) is 0 Å². The summed E-state index contributed by atoms with van der Waals surface area (Å²) in [5.41, 5.74) is 8.44. The van der Waals surface area contributed by atoms with Crippen molar-refractivity contribution in [2.45, 2.75) is 6.54 Å². The van der Waals surface area contributed by atoms with Gasteiger partial charge < -0.3 is 11.1 Å². The standard InChI is InChI=1S/C13H14N6/c1-19-13-11(7-17-19)12(15-8-16-13)18-10-4-2-9(6-14)3-5-10/h2-5,7-8H,6,14H2,1H3,(H,15,16,18). The fourth-order valence-electron chi connectivity index (χ4n) is 1.92. The Morgan fingerprint density at radius 2 is 2.00 bits per heavy atom. The molecule has 19 heavy (non-hydrogen) atoms. The Balaban J connectivity index is 1.96. The third kappa shape index (κ3) is 2.13. The molecule has 0 unspecified atom stereocenters. The molecule has 0 spiro atoms. The van der Waals surface area contributed by atoms with Gasteiger partial charge in [-0.1, -0.05) is 12.1 Å². The normalized spacial score (nSPS) is 10.8. The van der Waals surface area contributed by atoms with Crippen LogP contribution >= 0.6 is 0 Å². The zero-order valence-corrected chi connectivity index (χ0v) is 10.5. The van der Waals surface area contributed by atoms with E-state index in [9.17, 15) is 0 Å². The van der Waals surface area contributed by atoms with Crippen LogP contribution in [0.25, 0.3) is 11.0 Å². The van der Waals surface area contributed by atoms with Gasteiger partial charge in [-0.15, -0.1) is 0 Å². The molecular weight excluding hydrogens is 240 g/mol. The van der Waals surface area contributed by atoms with Gasteiger partial charge in [-0.25, -0.2) is 9.97 Å². The molecule has 0 saturated carbocycles. The van der Waals surface area contributed by atoms with Crippen LogP contribution in [0.15, 0.2) is 36.8 Å². The predicted molar refractivity (Wildman–Crippen MR) is 73.9 cm³/mol. The number of anilines is 2. The van der Waals surface area contributed by atoms with Gasteiger partial charge in [-0.05, 0) is 17.7 Å². The Morgan fingerprint density at radius 3 is 2.74 bits per heavy atom. The first-order valence-corrected chi connectivity index (χ1v) is 5.96. The first-order chi connectivity index (χ1) is 9.28. The molecule has 2 heterocycles. The predicted octanol–water partition coefficient (Wildman–Crippen LogP) is 1.57. The lowest BCUT2D eigenvalue weighted by molar-refractivity contribution is 0.785. The van der Waals surface area contributed by atoms with E-state index >= 15 is 0 Å². The zero-order chi connectivity index (χ0) is 13.2. The van der Waals surface area contributed by atoms with Crippen molar-refractivity contribution >= 4 is 22.5 Å². The number of nitrogens with one attached hydrogen (secondary N) is 1. The van der Waals surface area contributed by atoms with E-state index in [1.54, 1.807) is 10.9 Å². The number of aromatic nitrogens is 4. The zero-order valence-electron chi connectivity index (χ0n) is 10.5. The number of rotatable bonds is 3. The Hall–Kier alpha value is -2.47. The molecule has 6 nitrogen and oxygen atoms in total. The maximum Gasteiger partial charge on any atom is 0.163 e. The average Bonchev–Trinajstić information content (AvgIpc) is 2.83. The summed E-state index contributed by atoms with van der Waals surface area (Å²) >= 11 is 0. The second-order valence-corrected chi connectivity index (χ2v) is 4.25. The fraction of sp³-hybridized carbons (Fsp3) is 0.154. The summed E-state index contributed by atoms with van der Waals surface area (Å²) in [6, 6.07) is 7.94. The molecule has 0 atom stereocenters. The second-order valence-electron chi connectivity index (χ2n) is 4.25. The molecule has 0 amide bonds. The van der Waals surface area contributed by atoms with Crippen molar-refractivity contribution in [1.82, 2.24) is 19.7 Å². The van der Waals surface area contributed by atoms with E-state index in [-0.39, 0.29) is 0 Å². The van der Waals surface area contributed by atoms with E-state index in [1.165, 1.54) is 6.33 Å². The summed E-state index contributed by atoms with van der Waals surface area (Å²) in [6.45, 7) is 0.542. The molecule has 96 valence electrons. The lowest BCUT2D eigenvalue weighted by atomic mass is 10.2. The first-order valence-electron chi connectivity index (χ1n) is 5.96. The van der Waals surface area contributed by atoms with Gasteiger partial charge >= 0.3 is 0 Å². The monoisotopic (exact) mass is 254 g/mol. The lowest BCUT2D eigenvalue weighted by Gasteiger charge is -2.06. The molecule has 3 N–H and O–H groups in total. The first kappa shape index (κ1) is 11.6. The van der Waals surface area contributed by atoms with E-state index in [0.717, 1.165) is 28.1 Å². The molecule has 0 bridgehead atoms. The van der Waals surface area contributed by atoms with E-state index in [2.05, 4.69) is 20.4 Å². The number of aryl methyl sites for hydroxylation is 1. The number of hydrogen-bond donors (Lipinski definition) is 2. The summed E-state index contributed by atoms with van der Waals surface area (Å²) in [4.78, 5) is 8.46. The Kier molecular flexibility index (Phi) is 2.85. The van der Waals surface area contributed by atoms with Crippen LogP contribution in [0, 0.1) is 0 Å². The smallest absolute Gasteiger partial charge is 0.163 e. The highest BCUT2D eigenvalue weighted by atomic mass is 15.3. The van der Waals surface area contributed by atoms with E-state index in [1.807, 2.05) is 31.3 Å². The molecule has 1 aromatic carbocycles. The van der Waals surface area contributed by atoms with Gasteiger partial charge in [0.05, 0.1) is 11.6 Å². The highest BCUT2D eigenvalue weighted by Crippen LogP contribution is 2.22. The van der Waals surface area contributed by atoms with Crippen molar-refractivity contribution in [2.75, 3.05) is 5.32 Å². The Labute approximate surface area is 110 Å². The number of benzene rings is 1. The van der Waals surface area contributed by atoms with E-state index in [0.29, 0.717) is 6.54 Å². The highest BCUT2D eigenvalue weighted by Gasteiger charge is 2.07. The van der Waals surface area contributed by atoms with Crippen LogP contribution in [0.2, 0.25) is 0 Å². The van der Waals surface area contributed by atoms with Crippen molar-refractivity contribution < 1.29 is 0 Å². The highest BCUT2D eigenvalue weighted by molar-refractivity contribution is 5.88. The quantitative estimate of drug-likeness (QED) is 0.741. The molecule has 3 rings (SSSR count). The van der Waals surface area contributed by atoms with Crippen LogP contribution in [-0.2, 0) is 13.6 Å². The third-order valence-electron chi connectivity index (χ3n) is 2.98. The number of fused-ring (bicyclic) bond motifs is 1. The van der Waals surface area contributed by atoms with Crippen LogP contribution < -0.4 is 11.1 Å². The average molecular weight is 254 g/mol. The number of nitrogens with two attached hydrogens (primary N) is 1. The Morgan fingerprint density at radius 1 is 1.21 bits per heavy atom. The summed E-state index contributed by atoms with van der Waals surface area (Å²) < 4.78 is 1.72. The van der Waals surface area contributed by atoms with E-state index in [4.69, 9.17) is 5.73 Å². The summed E-state index contributed by atoms with van der Waals surface area (Å²) in [5, 5.41) is 8.35. The van der Waals surface area contributed by atoms with Crippen molar-refractivity contribution in [2.24, 2.45) is 12.8 Å². The SMILES string of the molecule is Cn1ncc2c(Nc3ccc(CN)cc3)ncnc21. The van der Waals surface area contributed by atoms with Crippen molar-refractivity contribution in [1.29, 1.82) is 0 Å². The minimum absolute atomic E-state index is 0.542. The molecular formula is C13H14N6. The maximum absolute atomic E-state index is 5.58. The van der Waals surface area contributed by atoms with Gasteiger partial charge in [0.1, 0.15) is 12.1 Å². The van der Waals surface area contributed by atoms with Crippen LogP contribution in [0.4, 0.5) is 11.5 Å². The minimum Gasteiger partial charge on any atom is -0.340 e. The van der Waals surface area contributed by atoms with Crippen LogP contribution in [0.1, 0.15) is 5.56 Å². The maximum atomic E-state index is 5.58. The van der Waals surface area contributed by atoms with Crippen LogP contribution in [0.5, 0.6) is 0 Å². The van der Waals surface area contributed by atoms with Gasteiger partial charge in [0.2, 0.25) is 0 Å². The van der Waals surface area contributed by atoms with Crippen molar-refractivity contribution in [3.05, 3.63) is 42.4 Å². The third-order valence-corrected chi connectivity index (χ3v) is 2.98. The molecule has 0 aliphatic heterocycles. The topological polar surface area (TPSA) is 81.7 Å². The lowest BCUT2D eigenvalue weighted by Crippen LogP contribution is -1.98. The molecule has 0 radical (unpaired) electrons. The second kappa shape index (κ2) is 4.66. The largest absolute Gasteiger partial charge is 0.340 e. The van der Waals surface area contributed by atoms with Crippen LogP contribution in [0.3, 0.4) is 0 Å².